The fraction of sp³-hybridized carbons (Fsp3) is 0.391. The van der Waals surface area contributed by atoms with Gasteiger partial charge in [-0.3, -0.25) is 9.59 Å². The van der Waals surface area contributed by atoms with Gasteiger partial charge in [0.15, 0.2) is 0 Å². The van der Waals surface area contributed by atoms with Crippen LogP contribution in [-0.4, -0.2) is 31.6 Å². The van der Waals surface area contributed by atoms with Gasteiger partial charge in [0.1, 0.15) is 5.82 Å². The number of anilines is 3. The Balaban J connectivity index is 2.23. The molecule has 0 heterocycles. The minimum Gasteiger partial charge on any atom is -0.466 e. The van der Waals surface area contributed by atoms with Crippen LogP contribution in [0.15, 0.2) is 36.4 Å². The number of nitrogens with zero attached hydrogens (tertiary/aromatic N) is 1. The summed E-state index contributed by atoms with van der Waals surface area (Å²) in [7, 11) is 0. The second kappa shape index (κ2) is 12.2. The minimum atomic E-state index is -0.592. The lowest BCUT2D eigenvalue weighted by Gasteiger charge is -2.23. The first-order chi connectivity index (χ1) is 14.9. The zero-order chi connectivity index (χ0) is 22.8. The van der Waals surface area contributed by atoms with Gasteiger partial charge in [-0.2, -0.15) is 0 Å². The summed E-state index contributed by atoms with van der Waals surface area (Å²) in [4.78, 5) is 26.4. The van der Waals surface area contributed by atoms with Crippen LogP contribution in [0.3, 0.4) is 0 Å². The molecule has 3 N–H and O–H groups in total. The quantitative estimate of drug-likeness (QED) is 0.277. The molecule has 0 bridgehead atoms. The summed E-state index contributed by atoms with van der Waals surface area (Å²) >= 11 is 5.91. The highest BCUT2D eigenvalue weighted by atomic mass is 35.5. The number of benzene rings is 2. The largest absolute Gasteiger partial charge is 0.466 e. The first-order valence-corrected chi connectivity index (χ1v) is 10.8. The zero-order valence-corrected chi connectivity index (χ0v) is 18.7. The number of carbonyl (C=O) groups excluding carboxylic acids is 2. The molecule has 168 valence electrons. The molecule has 6 nitrogen and oxygen atoms in total. The molecule has 1 amide bonds. The van der Waals surface area contributed by atoms with E-state index >= 15 is 0 Å². The maximum atomic E-state index is 13.6. The van der Waals surface area contributed by atoms with Gasteiger partial charge in [-0.05, 0) is 49.7 Å². The van der Waals surface area contributed by atoms with E-state index in [1.54, 1.807) is 25.1 Å². The Kier molecular flexibility index (Phi) is 9.59. The van der Waals surface area contributed by atoms with E-state index in [-0.39, 0.29) is 30.5 Å². The Hall–Kier alpha value is -2.80. The molecule has 0 fully saturated rings. The first-order valence-electron chi connectivity index (χ1n) is 10.4. The van der Waals surface area contributed by atoms with Gasteiger partial charge in [0.25, 0.3) is 5.91 Å². The van der Waals surface area contributed by atoms with Crippen LogP contribution < -0.4 is 16.0 Å². The lowest BCUT2D eigenvalue weighted by atomic mass is 10.1. The standard InChI is InChI=1S/C23H29ClFN3O3/c1-3-5-6-12-27-21-10-7-16(14-20(21)26)23(30)28(13-11-22(29)31-4-2)17-8-9-19(25)18(24)15-17/h7-10,14-15,27H,3-6,11-13,26H2,1-2H3. The maximum Gasteiger partial charge on any atom is 0.307 e. The van der Waals surface area contributed by atoms with Crippen LogP contribution in [-0.2, 0) is 9.53 Å². The molecule has 2 aromatic rings. The van der Waals surface area contributed by atoms with E-state index in [0.717, 1.165) is 31.5 Å². The van der Waals surface area contributed by atoms with Crippen LogP contribution in [0, 0.1) is 5.82 Å². The minimum absolute atomic E-state index is 0.0128. The molecule has 0 spiro atoms. The zero-order valence-electron chi connectivity index (χ0n) is 17.9. The number of hydrogen-bond acceptors (Lipinski definition) is 5. The molecule has 0 atom stereocenters. The second-order valence-corrected chi connectivity index (χ2v) is 7.45. The Labute approximate surface area is 187 Å². The second-order valence-electron chi connectivity index (χ2n) is 7.05. The van der Waals surface area contributed by atoms with Crippen molar-refractivity contribution in [3.8, 4) is 0 Å². The van der Waals surface area contributed by atoms with Gasteiger partial charge >= 0.3 is 5.97 Å². The molecule has 0 unspecified atom stereocenters. The predicted octanol–water partition coefficient (Wildman–Crippen LogP) is 5.26. The third-order valence-corrected chi connectivity index (χ3v) is 4.99. The summed E-state index contributed by atoms with van der Waals surface area (Å²) < 4.78 is 18.6. The van der Waals surface area contributed by atoms with Crippen molar-refractivity contribution >= 4 is 40.5 Å². The molecule has 2 aromatic carbocycles. The van der Waals surface area contributed by atoms with Crippen molar-refractivity contribution < 1.29 is 18.7 Å². The summed E-state index contributed by atoms with van der Waals surface area (Å²) in [5, 5.41) is 3.16. The molecular formula is C23H29ClFN3O3. The number of unbranched alkanes of at least 4 members (excludes halogenated alkanes) is 2. The van der Waals surface area contributed by atoms with Gasteiger partial charge in [0, 0.05) is 24.3 Å². The Bertz CT molecular complexity index is 908. The van der Waals surface area contributed by atoms with E-state index < -0.39 is 11.8 Å². The van der Waals surface area contributed by atoms with Gasteiger partial charge in [0.05, 0.1) is 29.4 Å². The molecule has 0 aliphatic heterocycles. The average Bonchev–Trinajstić information content (AvgIpc) is 2.74. The smallest absolute Gasteiger partial charge is 0.307 e. The first kappa shape index (κ1) is 24.5. The van der Waals surface area contributed by atoms with Crippen LogP contribution in [0.5, 0.6) is 0 Å². The fourth-order valence-electron chi connectivity index (χ4n) is 3.05. The number of rotatable bonds is 11. The Morgan fingerprint density at radius 1 is 1.16 bits per heavy atom. The highest BCUT2D eigenvalue weighted by molar-refractivity contribution is 6.31. The number of nitrogens with two attached hydrogens (primary N) is 1. The van der Waals surface area contributed by atoms with Crippen molar-refractivity contribution in [1.82, 2.24) is 0 Å². The number of nitrogen functional groups attached to an aromatic ring is 1. The van der Waals surface area contributed by atoms with E-state index in [0.29, 0.717) is 16.9 Å². The molecule has 0 aliphatic rings. The molecule has 8 heteroatoms. The van der Waals surface area contributed by atoms with Crippen molar-refractivity contribution in [1.29, 1.82) is 0 Å². The number of carbonyl (C=O) groups is 2. The van der Waals surface area contributed by atoms with E-state index in [2.05, 4.69) is 12.2 Å². The summed E-state index contributed by atoms with van der Waals surface area (Å²) in [6.07, 6.45) is 3.27. The SMILES string of the molecule is CCCCCNc1ccc(C(=O)N(CCC(=O)OCC)c2ccc(F)c(Cl)c2)cc1N. The number of hydrogen-bond donors (Lipinski definition) is 2. The topological polar surface area (TPSA) is 84.7 Å². The van der Waals surface area contributed by atoms with E-state index in [9.17, 15) is 14.0 Å². The average molecular weight is 450 g/mol. The molecule has 0 radical (unpaired) electrons. The third-order valence-electron chi connectivity index (χ3n) is 4.70. The van der Waals surface area contributed by atoms with Gasteiger partial charge in [-0.15, -0.1) is 0 Å². The van der Waals surface area contributed by atoms with Crippen LogP contribution in [0.1, 0.15) is 49.9 Å². The molecule has 0 saturated carbocycles. The van der Waals surface area contributed by atoms with Crippen LogP contribution in [0.25, 0.3) is 0 Å². The maximum absolute atomic E-state index is 13.6. The van der Waals surface area contributed by atoms with Crippen LogP contribution in [0.4, 0.5) is 21.5 Å². The van der Waals surface area contributed by atoms with Gasteiger partial charge in [-0.25, -0.2) is 4.39 Å². The lowest BCUT2D eigenvalue weighted by molar-refractivity contribution is -0.142. The van der Waals surface area contributed by atoms with Crippen LogP contribution in [0.2, 0.25) is 5.02 Å². The van der Waals surface area contributed by atoms with Crippen molar-refractivity contribution in [2.75, 3.05) is 35.6 Å². The molecule has 2 rings (SSSR count). The summed E-state index contributed by atoms with van der Waals surface area (Å²) in [6, 6.07) is 9.00. The van der Waals surface area contributed by atoms with Crippen LogP contribution >= 0.6 is 11.6 Å². The van der Waals surface area contributed by atoms with Gasteiger partial charge in [-0.1, -0.05) is 31.4 Å². The summed E-state index contributed by atoms with van der Waals surface area (Å²) in [6.45, 7) is 4.94. The van der Waals surface area contributed by atoms with Crippen molar-refractivity contribution in [3.05, 3.63) is 52.8 Å². The monoisotopic (exact) mass is 449 g/mol. The van der Waals surface area contributed by atoms with E-state index in [4.69, 9.17) is 22.1 Å². The van der Waals surface area contributed by atoms with Gasteiger partial charge < -0.3 is 20.7 Å². The highest BCUT2D eigenvalue weighted by Crippen LogP contribution is 2.26. The Morgan fingerprint density at radius 2 is 1.94 bits per heavy atom. The molecule has 0 saturated heterocycles. The summed E-state index contributed by atoms with van der Waals surface area (Å²) in [5.74, 6) is -1.40. The highest BCUT2D eigenvalue weighted by Gasteiger charge is 2.21. The Morgan fingerprint density at radius 3 is 2.58 bits per heavy atom. The van der Waals surface area contributed by atoms with Crippen molar-refractivity contribution in [2.24, 2.45) is 0 Å². The van der Waals surface area contributed by atoms with E-state index in [1.165, 1.54) is 23.1 Å². The summed E-state index contributed by atoms with van der Waals surface area (Å²) in [5.41, 5.74) is 8.07. The number of amides is 1. The van der Waals surface area contributed by atoms with E-state index in [1.807, 2.05) is 0 Å². The number of halogens is 2. The lowest BCUT2D eigenvalue weighted by Crippen LogP contribution is -2.33. The molecule has 0 aliphatic carbocycles. The predicted molar refractivity (Wildman–Crippen MR) is 123 cm³/mol. The molecule has 31 heavy (non-hydrogen) atoms. The third kappa shape index (κ3) is 7.14. The van der Waals surface area contributed by atoms with Crippen molar-refractivity contribution in [3.63, 3.8) is 0 Å². The molecule has 0 aromatic heterocycles. The van der Waals surface area contributed by atoms with Crippen molar-refractivity contribution in [2.45, 2.75) is 39.5 Å². The fourth-order valence-corrected chi connectivity index (χ4v) is 3.22. The van der Waals surface area contributed by atoms with Gasteiger partial charge in [0.2, 0.25) is 0 Å². The number of esters is 1. The normalized spacial score (nSPS) is 10.6. The number of ether oxygens (including phenoxy) is 1. The number of nitrogens with one attached hydrogen (secondary N) is 1. The molecular weight excluding hydrogens is 421 g/mol.